The molecule has 1 aliphatic heterocycles. The lowest BCUT2D eigenvalue weighted by atomic mass is 9.79. The maximum atomic E-state index is 13.2. The van der Waals surface area contributed by atoms with Crippen LogP contribution in [0, 0.1) is 22.2 Å². The zero-order chi connectivity index (χ0) is 43.1. The predicted octanol–water partition coefficient (Wildman–Crippen LogP) is 9.29. The Morgan fingerprint density at radius 1 is 1.00 bits per heavy atom. The van der Waals surface area contributed by atoms with E-state index in [1.54, 1.807) is 40.0 Å². The number of aliphatic imine (C=N–C) groups is 1. The minimum absolute atomic E-state index is 0.103. The summed E-state index contributed by atoms with van der Waals surface area (Å²) in [5.41, 5.74) is 11.7. The smallest absolute Gasteiger partial charge is 0.225 e. The third-order valence-corrected chi connectivity index (χ3v) is 18.6. The molecule has 2 aromatic heterocycles. The van der Waals surface area contributed by atoms with Gasteiger partial charge in [0.15, 0.2) is 8.32 Å². The van der Waals surface area contributed by atoms with Gasteiger partial charge in [0.05, 0.1) is 18.6 Å². The number of hydrogen-bond donors (Lipinski definition) is 4. The highest BCUT2D eigenvalue weighted by Crippen LogP contribution is 2.44. The number of pyridine rings is 1. The molecule has 0 spiro atoms. The summed E-state index contributed by atoms with van der Waals surface area (Å²) in [7, 11) is -0.0940. The molecule has 1 fully saturated rings. The van der Waals surface area contributed by atoms with Crippen LogP contribution in [-0.4, -0.2) is 65.0 Å². The number of allylic oxidation sites excluding steroid dienone is 1. The summed E-state index contributed by atoms with van der Waals surface area (Å²) in [6, 6.07) is 12.0. The van der Waals surface area contributed by atoms with Crippen LogP contribution in [0.1, 0.15) is 130 Å². The molecular formula is C46H71N9O3Si. The van der Waals surface area contributed by atoms with E-state index in [1.165, 1.54) is 5.56 Å². The number of amides is 1. The lowest BCUT2D eigenvalue weighted by Gasteiger charge is -2.44. The highest BCUT2D eigenvalue weighted by atomic mass is 28.4. The molecule has 1 aromatic carbocycles. The molecule has 2 aliphatic rings. The van der Waals surface area contributed by atoms with Crippen molar-refractivity contribution in [2.45, 2.75) is 136 Å². The summed E-state index contributed by atoms with van der Waals surface area (Å²) in [5, 5.41) is 25.0. The van der Waals surface area contributed by atoms with Crippen molar-refractivity contribution in [3.63, 3.8) is 0 Å². The number of carbonyl (C=O) groups is 1. The number of hydrogen-bond acceptors (Lipinski definition) is 8. The molecule has 322 valence electrons. The predicted molar refractivity (Wildman–Crippen MR) is 241 cm³/mol. The first-order valence-corrected chi connectivity index (χ1v) is 23.9. The van der Waals surface area contributed by atoms with Gasteiger partial charge in [0.1, 0.15) is 28.9 Å². The average Bonchev–Trinajstić information content (AvgIpc) is 3.59. The van der Waals surface area contributed by atoms with Crippen molar-refractivity contribution in [1.29, 1.82) is 10.8 Å². The molecule has 0 radical (unpaired) electrons. The Bertz CT molecular complexity index is 2000. The molecule has 3 heterocycles. The summed E-state index contributed by atoms with van der Waals surface area (Å²) < 4.78 is 16.9. The lowest BCUT2D eigenvalue weighted by molar-refractivity contribution is -0.119. The molecule has 5 rings (SSSR count). The fraction of sp³-hybridized carbons (Fsp3) is 0.587. The molecule has 5 N–H and O–H groups in total. The summed E-state index contributed by atoms with van der Waals surface area (Å²) in [6.07, 6.45) is 12.5. The van der Waals surface area contributed by atoms with Crippen LogP contribution in [0.15, 0.2) is 71.8 Å². The number of piperidine rings is 1. The number of amidine groups is 1. The van der Waals surface area contributed by atoms with Crippen molar-refractivity contribution in [3.05, 3.63) is 83.4 Å². The van der Waals surface area contributed by atoms with Crippen molar-refractivity contribution < 1.29 is 14.0 Å². The van der Waals surface area contributed by atoms with Crippen LogP contribution in [-0.2, 0) is 16.3 Å². The number of aryl methyl sites for hydroxylation is 1. The minimum atomic E-state index is -1.92. The van der Waals surface area contributed by atoms with Gasteiger partial charge in [0.2, 0.25) is 11.9 Å². The largest absolute Gasteiger partial charge is 0.484 e. The number of fused-ring (bicyclic) bond motifs is 1. The molecule has 1 amide bonds. The Labute approximate surface area is 353 Å². The van der Waals surface area contributed by atoms with Crippen molar-refractivity contribution in [2.24, 2.45) is 29.1 Å². The Kier molecular flexibility index (Phi) is 15.2. The van der Waals surface area contributed by atoms with E-state index in [9.17, 15) is 4.79 Å². The van der Waals surface area contributed by atoms with Gasteiger partial charge in [0.25, 0.3) is 0 Å². The molecule has 12 nitrogen and oxygen atoms in total. The Morgan fingerprint density at radius 3 is 2.27 bits per heavy atom. The normalized spacial score (nSPS) is 18.4. The fourth-order valence-corrected chi connectivity index (χ4v) is 14.7. The van der Waals surface area contributed by atoms with Crippen LogP contribution in [0.25, 0.3) is 0 Å². The van der Waals surface area contributed by atoms with Crippen molar-refractivity contribution >= 4 is 31.7 Å². The Morgan fingerprint density at radius 2 is 1.66 bits per heavy atom. The van der Waals surface area contributed by atoms with Crippen LogP contribution in [0.3, 0.4) is 0 Å². The summed E-state index contributed by atoms with van der Waals surface area (Å²) in [4.78, 5) is 19.9. The second-order valence-corrected chi connectivity index (χ2v) is 24.1. The summed E-state index contributed by atoms with van der Waals surface area (Å²) in [5.74, 6) is 2.05. The molecule has 13 heteroatoms. The SMILES string of the molecule is CC(C)[Si](OCC1CCN(C(=N)n2cc(O[C@@H]3CCC(CCCC(=O)NC(C=C(N)C(C)(C)C)=Nc4cnn(C)c4)c4ccccc43)ccc2=N)CC1)(C(C)C)C(C)C. The fourth-order valence-electron chi connectivity index (χ4n) is 9.16. The number of nitrogens with zero attached hydrogens (tertiary/aromatic N) is 5. The molecule has 3 aromatic rings. The number of nitrogens with one attached hydrogen (secondary N) is 3. The highest BCUT2D eigenvalue weighted by molar-refractivity contribution is 6.77. The molecular weight excluding hydrogens is 755 g/mol. The van der Waals surface area contributed by atoms with E-state index >= 15 is 0 Å². The van der Waals surface area contributed by atoms with E-state index in [2.05, 4.69) is 86.1 Å². The van der Waals surface area contributed by atoms with E-state index in [4.69, 9.17) is 25.7 Å². The highest BCUT2D eigenvalue weighted by Gasteiger charge is 2.45. The first-order valence-electron chi connectivity index (χ1n) is 21.7. The zero-order valence-corrected chi connectivity index (χ0v) is 38.3. The summed E-state index contributed by atoms with van der Waals surface area (Å²) in [6.45, 7) is 22.4. The van der Waals surface area contributed by atoms with Crippen molar-refractivity contribution in [2.75, 3.05) is 19.7 Å². The van der Waals surface area contributed by atoms with Gasteiger partial charge >= 0.3 is 0 Å². The number of likely N-dealkylation sites (tertiary alicyclic amines) is 1. The van der Waals surface area contributed by atoms with Crippen LogP contribution in [0.4, 0.5) is 5.69 Å². The van der Waals surface area contributed by atoms with Gasteiger partial charge < -0.3 is 25.1 Å². The number of carbonyl (C=O) groups excluding carboxylic acids is 1. The number of ether oxygens (including phenoxy) is 1. The minimum Gasteiger partial charge on any atom is -0.484 e. The van der Waals surface area contributed by atoms with Crippen molar-refractivity contribution in [3.8, 4) is 5.75 Å². The number of aromatic nitrogens is 3. The Hall–Kier alpha value is -4.49. The molecule has 0 bridgehead atoms. The van der Waals surface area contributed by atoms with Gasteiger partial charge in [-0.15, -0.1) is 0 Å². The third-order valence-electron chi connectivity index (χ3n) is 12.5. The molecule has 1 saturated heterocycles. The number of nitrogens with two attached hydrogens (primary N) is 1. The molecule has 0 saturated carbocycles. The molecule has 59 heavy (non-hydrogen) atoms. The van der Waals surface area contributed by atoms with Crippen LogP contribution in [0.2, 0.25) is 16.6 Å². The van der Waals surface area contributed by atoms with Crippen LogP contribution in [0.5, 0.6) is 5.75 Å². The Balaban J connectivity index is 1.17. The molecule has 2 atom stereocenters. The van der Waals surface area contributed by atoms with Gasteiger partial charge in [-0.2, -0.15) is 5.10 Å². The standard InChI is InChI=1S/C46H71N9O3Si/c1-31(2)59(32(3)4,33(5)6)57-30-34-22-24-54(25-23-34)45(49)55-29-37(19-21-42(55)48)58-40-20-18-35(38-15-11-12-16-39(38)40)14-13-17-44(56)52-43(26-41(47)46(7,8)9)51-36-27-50-53(10)28-36/h11-12,15-16,19,21,26-29,31-35,40,48-49H,13-14,17-18,20,22-25,30,47H2,1-10H3,(H,51,52,56)/t35?,40-/m1/s1. The zero-order valence-electron chi connectivity index (χ0n) is 37.3. The first-order chi connectivity index (χ1) is 27.9. The van der Waals surface area contributed by atoms with Crippen LogP contribution < -0.4 is 21.3 Å². The van der Waals surface area contributed by atoms with E-state index in [-0.39, 0.29) is 22.9 Å². The molecule has 1 unspecified atom stereocenters. The van der Waals surface area contributed by atoms with Crippen molar-refractivity contribution in [1.82, 2.24) is 24.6 Å². The summed E-state index contributed by atoms with van der Waals surface area (Å²) >= 11 is 0. The molecule has 1 aliphatic carbocycles. The quantitative estimate of drug-likeness (QED) is 0.0721. The van der Waals surface area contributed by atoms with Gasteiger partial charge in [-0.1, -0.05) is 86.6 Å². The van der Waals surface area contributed by atoms with E-state index in [0.717, 1.165) is 63.8 Å². The van der Waals surface area contributed by atoms with Gasteiger partial charge in [-0.05, 0) is 90.2 Å². The monoisotopic (exact) mass is 826 g/mol. The lowest BCUT2D eigenvalue weighted by Crippen LogP contribution is -2.50. The van der Waals surface area contributed by atoms with Crippen LogP contribution >= 0.6 is 0 Å². The second-order valence-electron chi connectivity index (χ2n) is 18.7. The van der Waals surface area contributed by atoms with E-state index in [1.807, 2.05) is 33.9 Å². The number of rotatable bonds is 14. The van der Waals surface area contributed by atoms with Gasteiger partial charge in [0, 0.05) is 50.4 Å². The maximum absolute atomic E-state index is 13.2. The average molecular weight is 826 g/mol. The van der Waals surface area contributed by atoms with Gasteiger partial charge in [-0.3, -0.25) is 24.9 Å². The third kappa shape index (κ3) is 11.4. The first kappa shape index (κ1) is 45.6. The topological polar surface area (TPSA) is 160 Å². The van der Waals surface area contributed by atoms with E-state index < -0.39 is 8.32 Å². The maximum Gasteiger partial charge on any atom is 0.225 e. The van der Waals surface area contributed by atoms with E-state index in [0.29, 0.717) is 63.8 Å². The second kappa shape index (κ2) is 19.7. The number of benzene rings is 1. The van der Waals surface area contributed by atoms with Gasteiger partial charge in [-0.25, -0.2) is 4.99 Å².